The molecule has 5 heteroatoms. The average Bonchev–Trinajstić information content (AvgIpc) is 2.95. The molecule has 3 atom stereocenters. The van der Waals surface area contributed by atoms with Crippen LogP contribution in [0, 0.1) is 11.8 Å². The molecule has 0 radical (unpaired) electrons. The van der Waals surface area contributed by atoms with E-state index in [-0.39, 0.29) is 30.2 Å². The van der Waals surface area contributed by atoms with Crippen LogP contribution >= 0.6 is 0 Å². The van der Waals surface area contributed by atoms with Gasteiger partial charge in [0, 0.05) is 6.04 Å². The minimum absolute atomic E-state index is 0.0167. The van der Waals surface area contributed by atoms with Crippen molar-refractivity contribution in [2.75, 3.05) is 6.54 Å². The molecule has 1 aromatic heterocycles. The van der Waals surface area contributed by atoms with Gasteiger partial charge in [-0.15, -0.1) is 0 Å². The van der Waals surface area contributed by atoms with E-state index in [1.807, 2.05) is 0 Å². The van der Waals surface area contributed by atoms with Gasteiger partial charge in [0.25, 0.3) is 5.91 Å². The first-order valence-corrected chi connectivity index (χ1v) is 7.19. The fraction of sp³-hybridized carbons (Fsp3) is 0.600. The molecular formula is C15H22N2O3. The second-order valence-electron chi connectivity index (χ2n) is 5.60. The predicted molar refractivity (Wildman–Crippen MR) is 75.2 cm³/mol. The molecule has 1 aliphatic carbocycles. The standard InChI is InChI=1S/C15H22N2O3/c1-10-5-3-6-12(11(10)2)17-14(18)9-16-15(19)13-7-4-8-20-13/h4,7-8,10-12H,3,5-6,9H2,1-2H3,(H,16,19)(H,17,18)/t10-,11+,12+/m1/s1. The fourth-order valence-corrected chi connectivity index (χ4v) is 2.70. The molecule has 0 bridgehead atoms. The first-order chi connectivity index (χ1) is 9.58. The molecule has 0 aromatic carbocycles. The van der Waals surface area contributed by atoms with Crippen molar-refractivity contribution >= 4 is 11.8 Å². The highest BCUT2D eigenvalue weighted by atomic mass is 16.3. The second kappa shape index (κ2) is 6.59. The van der Waals surface area contributed by atoms with Crippen LogP contribution in [0.15, 0.2) is 22.8 Å². The Morgan fingerprint density at radius 3 is 2.85 bits per heavy atom. The summed E-state index contributed by atoms with van der Waals surface area (Å²) < 4.78 is 4.96. The second-order valence-corrected chi connectivity index (χ2v) is 5.60. The molecule has 2 rings (SSSR count). The fourth-order valence-electron chi connectivity index (χ4n) is 2.70. The van der Waals surface area contributed by atoms with Crippen LogP contribution in [-0.2, 0) is 4.79 Å². The van der Waals surface area contributed by atoms with E-state index in [1.54, 1.807) is 12.1 Å². The zero-order valence-electron chi connectivity index (χ0n) is 12.0. The summed E-state index contributed by atoms with van der Waals surface area (Å²) in [6, 6.07) is 3.42. The number of carbonyl (C=O) groups is 2. The summed E-state index contributed by atoms with van der Waals surface area (Å²) in [5, 5.41) is 5.57. The van der Waals surface area contributed by atoms with Gasteiger partial charge in [0.2, 0.25) is 5.91 Å². The third-order valence-electron chi connectivity index (χ3n) is 4.21. The van der Waals surface area contributed by atoms with E-state index in [9.17, 15) is 9.59 Å². The van der Waals surface area contributed by atoms with E-state index in [2.05, 4.69) is 24.5 Å². The molecule has 20 heavy (non-hydrogen) atoms. The predicted octanol–water partition coefficient (Wildman–Crippen LogP) is 1.95. The number of rotatable bonds is 4. The van der Waals surface area contributed by atoms with Gasteiger partial charge in [0.1, 0.15) is 0 Å². The van der Waals surface area contributed by atoms with E-state index in [0.29, 0.717) is 11.8 Å². The van der Waals surface area contributed by atoms with Crippen LogP contribution in [0.4, 0.5) is 0 Å². The van der Waals surface area contributed by atoms with Gasteiger partial charge >= 0.3 is 0 Å². The van der Waals surface area contributed by atoms with E-state index >= 15 is 0 Å². The van der Waals surface area contributed by atoms with Crippen molar-refractivity contribution in [2.24, 2.45) is 11.8 Å². The lowest BCUT2D eigenvalue weighted by atomic mass is 9.78. The third kappa shape index (κ3) is 3.62. The summed E-state index contributed by atoms with van der Waals surface area (Å²) >= 11 is 0. The Kier molecular flexibility index (Phi) is 4.82. The van der Waals surface area contributed by atoms with Crippen molar-refractivity contribution < 1.29 is 14.0 Å². The number of hydrogen-bond donors (Lipinski definition) is 2. The molecule has 0 unspecified atom stereocenters. The van der Waals surface area contributed by atoms with Crippen LogP contribution in [0.2, 0.25) is 0 Å². The molecule has 1 fully saturated rings. The van der Waals surface area contributed by atoms with Gasteiger partial charge in [-0.25, -0.2) is 0 Å². The number of carbonyl (C=O) groups excluding carboxylic acids is 2. The first-order valence-electron chi connectivity index (χ1n) is 7.19. The van der Waals surface area contributed by atoms with Crippen molar-refractivity contribution in [1.82, 2.24) is 10.6 Å². The number of amides is 2. The lowest BCUT2D eigenvalue weighted by molar-refractivity contribution is -0.121. The molecule has 1 saturated carbocycles. The van der Waals surface area contributed by atoms with Crippen LogP contribution in [0.1, 0.15) is 43.7 Å². The zero-order chi connectivity index (χ0) is 14.5. The van der Waals surface area contributed by atoms with Crippen LogP contribution in [0.5, 0.6) is 0 Å². The van der Waals surface area contributed by atoms with E-state index in [4.69, 9.17) is 4.42 Å². The van der Waals surface area contributed by atoms with E-state index in [0.717, 1.165) is 12.8 Å². The number of furan rings is 1. The minimum Gasteiger partial charge on any atom is -0.459 e. The van der Waals surface area contributed by atoms with Gasteiger partial charge in [-0.3, -0.25) is 9.59 Å². The van der Waals surface area contributed by atoms with Crippen LogP contribution in [-0.4, -0.2) is 24.4 Å². The number of hydrogen-bond acceptors (Lipinski definition) is 3. The van der Waals surface area contributed by atoms with E-state index in [1.165, 1.54) is 12.7 Å². The molecule has 2 N–H and O–H groups in total. The van der Waals surface area contributed by atoms with Crippen molar-refractivity contribution in [2.45, 2.75) is 39.2 Å². The quantitative estimate of drug-likeness (QED) is 0.884. The Hall–Kier alpha value is -1.78. The maximum absolute atomic E-state index is 11.9. The van der Waals surface area contributed by atoms with Crippen molar-refractivity contribution in [3.8, 4) is 0 Å². The van der Waals surface area contributed by atoms with Gasteiger partial charge in [-0.05, 0) is 30.4 Å². The van der Waals surface area contributed by atoms with Crippen LogP contribution < -0.4 is 10.6 Å². The summed E-state index contributed by atoms with van der Waals surface area (Å²) in [5.41, 5.74) is 0. The highest BCUT2D eigenvalue weighted by Crippen LogP contribution is 2.29. The normalized spacial score (nSPS) is 26.0. The zero-order valence-corrected chi connectivity index (χ0v) is 12.0. The van der Waals surface area contributed by atoms with Crippen molar-refractivity contribution in [3.05, 3.63) is 24.2 Å². The third-order valence-corrected chi connectivity index (χ3v) is 4.21. The lowest BCUT2D eigenvalue weighted by Gasteiger charge is -2.34. The van der Waals surface area contributed by atoms with Gasteiger partial charge in [-0.1, -0.05) is 26.7 Å². The van der Waals surface area contributed by atoms with E-state index < -0.39 is 0 Å². The molecule has 1 aromatic rings. The molecule has 5 nitrogen and oxygen atoms in total. The largest absolute Gasteiger partial charge is 0.459 e. The maximum atomic E-state index is 11.9. The maximum Gasteiger partial charge on any atom is 0.287 e. The molecule has 1 heterocycles. The van der Waals surface area contributed by atoms with Gasteiger partial charge in [-0.2, -0.15) is 0 Å². The highest BCUT2D eigenvalue weighted by molar-refractivity contribution is 5.94. The summed E-state index contributed by atoms with van der Waals surface area (Å²) in [6.07, 6.45) is 4.82. The van der Waals surface area contributed by atoms with Gasteiger partial charge in [0.05, 0.1) is 12.8 Å². The van der Waals surface area contributed by atoms with Crippen molar-refractivity contribution in [3.63, 3.8) is 0 Å². The molecule has 1 aliphatic rings. The van der Waals surface area contributed by atoms with Gasteiger partial charge < -0.3 is 15.1 Å². The minimum atomic E-state index is -0.366. The Morgan fingerprint density at radius 2 is 2.15 bits per heavy atom. The van der Waals surface area contributed by atoms with Gasteiger partial charge in [0.15, 0.2) is 5.76 Å². The first kappa shape index (κ1) is 14.6. The van der Waals surface area contributed by atoms with Crippen LogP contribution in [0.3, 0.4) is 0 Å². The Balaban J connectivity index is 1.76. The van der Waals surface area contributed by atoms with Crippen molar-refractivity contribution in [1.29, 1.82) is 0 Å². The summed E-state index contributed by atoms with van der Waals surface area (Å²) in [5.74, 6) is 0.823. The van der Waals surface area contributed by atoms with Crippen LogP contribution in [0.25, 0.3) is 0 Å². The number of nitrogens with one attached hydrogen (secondary N) is 2. The molecular weight excluding hydrogens is 256 g/mol. The molecule has 0 saturated heterocycles. The molecule has 0 spiro atoms. The SMILES string of the molecule is C[C@H]1[C@H](C)CCC[C@@H]1NC(=O)CNC(=O)c1ccco1. The topological polar surface area (TPSA) is 71.3 Å². The summed E-state index contributed by atoms with van der Waals surface area (Å²) in [6.45, 7) is 4.38. The molecule has 2 amide bonds. The Labute approximate surface area is 119 Å². The summed E-state index contributed by atoms with van der Waals surface area (Å²) in [7, 11) is 0. The molecule has 110 valence electrons. The monoisotopic (exact) mass is 278 g/mol. The average molecular weight is 278 g/mol. The molecule has 0 aliphatic heterocycles. The smallest absolute Gasteiger partial charge is 0.287 e. The summed E-state index contributed by atoms with van der Waals surface area (Å²) in [4.78, 5) is 23.5. The lowest BCUT2D eigenvalue weighted by Crippen LogP contribution is -2.47. The Bertz CT molecular complexity index is 456. The Morgan fingerprint density at radius 1 is 1.35 bits per heavy atom. The highest BCUT2D eigenvalue weighted by Gasteiger charge is 2.28.